The number of para-hydroxylation sites is 1. The van der Waals surface area contributed by atoms with E-state index in [1.807, 2.05) is 37.3 Å². The monoisotopic (exact) mass is 280 g/mol. The normalized spacial score (nSPS) is 26.4. The number of phosphoric ester groups is 1. The first kappa shape index (κ1) is 14.1. The Morgan fingerprint density at radius 3 is 2.58 bits per heavy atom. The number of hydrogen-bond acceptors (Lipinski definition) is 2. The third kappa shape index (κ3) is 2.98. The first-order valence-electron chi connectivity index (χ1n) is 6.03. The molecular weight excluding hydrogens is 263 g/mol. The number of rotatable bonds is 3. The van der Waals surface area contributed by atoms with Crippen LogP contribution in [0.4, 0.5) is 0 Å². The molecular formula is C14H17O4P. The molecule has 0 saturated carbocycles. The summed E-state index contributed by atoms with van der Waals surface area (Å²) in [4.78, 5) is 18.0. The Balaban J connectivity index is 2.48. The van der Waals surface area contributed by atoms with Gasteiger partial charge < -0.3 is 4.52 Å². The topological polar surface area (TPSA) is 66.8 Å². The molecule has 5 heteroatoms. The zero-order valence-corrected chi connectivity index (χ0v) is 11.7. The largest absolute Gasteiger partial charge is 0.524 e. The second-order valence-electron chi connectivity index (χ2n) is 4.89. The van der Waals surface area contributed by atoms with Crippen LogP contribution in [0.3, 0.4) is 0 Å². The molecule has 2 atom stereocenters. The molecule has 1 aliphatic carbocycles. The molecule has 2 rings (SSSR count). The molecule has 0 bridgehead atoms. The maximum Gasteiger partial charge on any atom is 0.524 e. The van der Waals surface area contributed by atoms with Crippen LogP contribution in [0, 0.1) is 5.92 Å². The number of allylic oxidation sites excluding steroid dienone is 4. The first-order valence-corrected chi connectivity index (χ1v) is 7.56. The molecule has 1 aromatic rings. The van der Waals surface area contributed by atoms with Gasteiger partial charge >= 0.3 is 7.82 Å². The minimum atomic E-state index is -4.56. The Kier molecular flexibility index (Phi) is 3.68. The van der Waals surface area contributed by atoms with E-state index in [1.165, 1.54) is 0 Å². The standard InChI is InChI=1S/C14H17O4P/c1-11-7-5-6-10-14(11,2)12-8-3-4-9-13(12)18-19(15,16)17/h3-11H,1-2H3,(H2,15,16,17). The van der Waals surface area contributed by atoms with E-state index in [0.29, 0.717) is 0 Å². The summed E-state index contributed by atoms with van der Waals surface area (Å²) >= 11 is 0. The van der Waals surface area contributed by atoms with Crippen LogP contribution in [0.1, 0.15) is 19.4 Å². The predicted molar refractivity (Wildman–Crippen MR) is 73.9 cm³/mol. The molecule has 4 nitrogen and oxygen atoms in total. The predicted octanol–water partition coefficient (Wildman–Crippen LogP) is 3.18. The van der Waals surface area contributed by atoms with Crippen molar-refractivity contribution in [2.75, 3.05) is 0 Å². The van der Waals surface area contributed by atoms with E-state index in [4.69, 9.17) is 14.3 Å². The van der Waals surface area contributed by atoms with E-state index >= 15 is 0 Å². The molecule has 0 radical (unpaired) electrons. The molecule has 2 unspecified atom stereocenters. The van der Waals surface area contributed by atoms with Crippen molar-refractivity contribution in [3.63, 3.8) is 0 Å². The number of hydrogen-bond donors (Lipinski definition) is 2. The van der Waals surface area contributed by atoms with E-state index in [2.05, 4.69) is 13.0 Å². The lowest BCUT2D eigenvalue weighted by Crippen LogP contribution is -2.28. The molecule has 102 valence electrons. The van der Waals surface area contributed by atoms with Gasteiger partial charge in [-0.05, 0) is 12.0 Å². The Hall–Kier alpha value is -1.35. The van der Waals surface area contributed by atoms with Crippen molar-refractivity contribution in [3.8, 4) is 5.75 Å². The fourth-order valence-electron chi connectivity index (χ4n) is 2.29. The highest BCUT2D eigenvalue weighted by molar-refractivity contribution is 7.46. The maximum atomic E-state index is 11.1. The number of phosphoric acid groups is 1. The minimum absolute atomic E-state index is 0.207. The van der Waals surface area contributed by atoms with Crippen molar-refractivity contribution in [3.05, 3.63) is 54.1 Å². The molecule has 0 heterocycles. The second-order valence-corrected chi connectivity index (χ2v) is 6.06. The third-order valence-corrected chi connectivity index (χ3v) is 4.02. The summed E-state index contributed by atoms with van der Waals surface area (Å²) in [5.41, 5.74) is 0.423. The zero-order chi connectivity index (χ0) is 14.1. The van der Waals surface area contributed by atoms with Gasteiger partial charge in [0.1, 0.15) is 5.75 Å². The van der Waals surface area contributed by atoms with Gasteiger partial charge in [-0.25, -0.2) is 4.57 Å². The molecule has 2 N–H and O–H groups in total. The van der Waals surface area contributed by atoms with E-state index < -0.39 is 7.82 Å². The smallest absolute Gasteiger partial charge is 0.404 e. The van der Waals surface area contributed by atoms with Crippen molar-refractivity contribution < 1.29 is 18.9 Å². The fraction of sp³-hybridized carbons (Fsp3) is 0.286. The van der Waals surface area contributed by atoms with Crippen LogP contribution in [0.25, 0.3) is 0 Å². The molecule has 0 amide bonds. The van der Waals surface area contributed by atoms with Crippen LogP contribution in [0.5, 0.6) is 5.75 Å². The van der Waals surface area contributed by atoms with Crippen LogP contribution < -0.4 is 4.52 Å². The Morgan fingerprint density at radius 1 is 1.26 bits per heavy atom. The van der Waals surface area contributed by atoms with Gasteiger partial charge in [-0.1, -0.05) is 56.4 Å². The average molecular weight is 280 g/mol. The van der Waals surface area contributed by atoms with Gasteiger partial charge in [0.05, 0.1) is 0 Å². The lowest BCUT2D eigenvalue weighted by atomic mass is 9.70. The summed E-state index contributed by atoms with van der Waals surface area (Å²) < 4.78 is 15.9. The van der Waals surface area contributed by atoms with Gasteiger partial charge in [0.15, 0.2) is 0 Å². The summed E-state index contributed by atoms with van der Waals surface area (Å²) in [5.74, 6) is 0.434. The highest BCUT2D eigenvalue weighted by atomic mass is 31.2. The fourth-order valence-corrected chi connectivity index (χ4v) is 2.71. The average Bonchev–Trinajstić information content (AvgIpc) is 2.32. The molecule has 1 aromatic carbocycles. The quantitative estimate of drug-likeness (QED) is 0.834. The summed E-state index contributed by atoms with van der Waals surface area (Å²) in [5, 5.41) is 0. The van der Waals surface area contributed by atoms with Crippen LogP contribution >= 0.6 is 7.82 Å². The summed E-state index contributed by atoms with van der Waals surface area (Å²) in [6.45, 7) is 4.09. The van der Waals surface area contributed by atoms with E-state index in [-0.39, 0.29) is 17.1 Å². The summed E-state index contributed by atoms with van der Waals surface area (Å²) in [6, 6.07) is 6.96. The van der Waals surface area contributed by atoms with Crippen molar-refractivity contribution in [1.82, 2.24) is 0 Å². The maximum absolute atomic E-state index is 11.1. The molecule has 0 saturated heterocycles. The van der Waals surface area contributed by atoms with Crippen LogP contribution in [-0.2, 0) is 9.98 Å². The Bertz CT molecular complexity index is 573. The van der Waals surface area contributed by atoms with Crippen molar-refractivity contribution in [2.45, 2.75) is 19.3 Å². The van der Waals surface area contributed by atoms with Gasteiger partial charge in [0, 0.05) is 11.0 Å². The molecule has 0 aliphatic heterocycles. The molecule has 0 fully saturated rings. The lowest BCUT2D eigenvalue weighted by molar-refractivity contribution is 0.279. The third-order valence-electron chi connectivity index (χ3n) is 3.58. The second kappa shape index (κ2) is 4.97. The van der Waals surface area contributed by atoms with Crippen LogP contribution in [0.2, 0.25) is 0 Å². The SMILES string of the molecule is CC1C=CC=CC1(C)c1ccccc1OP(=O)(O)O. The van der Waals surface area contributed by atoms with Gasteiger partial charge in [-0.2, -0.15) is 0 Å². The molecule has 1 aliphatic rings. The van der Waals surface area contributed by atoms with Crippen molar-refractivity contribution in [1.29, 1.82) is 0 Å². The lowest BCUT2D eigenvalue weighted by Gasteiger charge is -2.34. The van der Waals surface area contributed by atoms with Crippen LogP contribution in [0.15, 0.2) is 48.6 Å². The van der Waals surface area contributed by atoms with E-state index in [1.54, 1.807) is 12.1 Å². The Labute approximate surface area is 112 Å². The molecule has 0 spiro atoms. The number of benzene rings is 1. The zero-order valence-electron chi connectivity index (χ0n) is 10.9. The Morgan fingerprint density at radius 2 is 1.95 bits per heavy atom. The van der Waals surface area contributed by atoms with Gasteiger partial charge in [0.2, 0.25) is 0 Å². The minimum Gasteiger partial charge on any atom is -0.404 e. The highest BCUT2D eigenvalue weighted by Crippen LogP contribution is 2.46. The molecule has 0 aromatic heterocycles. The summed E-state index contributed by atoms with van der Waals surface area (Å²) in [6.07, 6.45) is 8.00. The summed E-state index contributed by atoms with van der Waals surface area (Å²) in [7, 11) is -4.56. The van der Waals surface area contributed by atoms with Crippen molar-refractivity contribution >= 4 is 7.82 Å². The van der Waals surface area contributed by atoms with E-state index in [9.17, 15) is 4.57 Å². The first-order chi connectivity index (χ1) is 8.83. The van der Waals surface area contributed by atoms with Crippen molar-refractivity contribution in [2.24, 2.45) is 5.92 Å². The van der Waals surface area contributed by atoms with Gasteiger partial charge in [-0.3, -0.25) is 9.79 Å². The van der Waals surface area contributed by atoms with Gasteiger partial charge in [0.25, 0.3) is 0 Å². The van der Waals surface area contributed by atoms with E-state index in [0.717, 1.165) is 5.56 Å². The van der Waals surface area contributed by atoms with Crippen LogP contribution in [-0.4, -0.2) is 9.79 Å². The highest BCUT2D eigenvalue weighted by Gasteiger charge is 2.34. The van der Waals surface area contributed by atoms with Gasteiger partial charge in [-0.15, -0.1) is 0 Å². The molecule has 19 heavy (non-hydrogen) atoms.